The van der Waals surface area contributed by atoms with Crippen LogP contribution in [0.2, 0.25) is 0 Å². The molecule has 1 aromatic carbocycles. The zero-order valence-electron chi connectivity index (χ0n) is 15.5. The van der Waals surface area contributed by atoms with Gasteiger partial charge >= 0.3 is 0 Å². The van der Waals surface area contributed by atoms with Crippen molar-refractivity contribution in [3.8, 4) is 0 Å². The van der Waals surface area contributed by atoms with E-state index in [0.717, 1.165) is 17.4 Å². The first kappa shape index (κ1) is 17.5. The van der Waals surface area contributed by atoms with Gasteiger partial charge in [-0.05, 0) is 62.2 Å². The van der Waals surface area contributed by atoms with E-state index in [1.807, 2.05) is 18.2 Å². The second-order valence-electron chi connectivity index (χ2n) is 8.09. The summed E-state index contributed by atoms with van der Waals surface area (Å²) in [6, 6.07) is 7.36. The molecule has 1 aliphatic carbocycles. The average molecular weight is 355 g/mol. The van der Waals surface area contributed by atoms with E-state index in [9.17, 15) is 9.59 Å². The average Bonchev–Trinajstić information content (AvgIpc) is 3.31. The first-order chi connectivity index (χ1) is 12.7. The molecule has 26 heavy (non-hydrogen) atoms. The summed E-state index contributed by atoms with van der Waals surface area (Å²) in [5.41, 5.74) is 2.32. The van der Waals surface area contributed by atoms with Crippen LogP contribution >= 0.6 is 0 Å². The predicted octanol–water partition coefficient (Wildman–Crippen LogP) is 2.76. The number of piperidine rings is 1. The summed E-state index contributed by atoms with van der Waals surface area (Å²) in [7, 11) is 0. The predicted molar refractivity (Wildman–Crippen MR) is 101 cm³/mol. The Hall–Kier alpha value is -1.88. The number of fused-ring (bicyclic) bond motifs is 2. The van der Waals surface area contributed by atoms with E-state index in [4.69, 9.17) is 0 Å². The molecule has 5 rings (SSSR count). The van der Waals surface area contributed by atoms with Crippen LogP contribution in [-0.2, 0) is 11.2 Å². The smallest absolute Gasteiger partial charge is 0.272 e. The highest BCUT2D eigenvalue weighted by molar-refractivity contribution is 6.00. The molecular formula is C21H29N3O2. The molecule has 3 fully saturated rings. The molecule has 1 aromatic rings. The standard InChI is InChI=1S/C12H12N2O2.C9H17N/c15-11-8-9-4-1-2-5-10(9)12(16)14-7-3-6-13(11)14;1-2-4-9(3-1)5-7-10-8-6-9/h1-2,4-5H,3,6-8H2;10H,1-8H2. The fourth-order valence-electron chi connectivity index (χ4n) is 4.94. The van der Waals surface area contributed by atoms with E-state index in [2.05, 4.69) is 5.32 Å². The van der Waals surface area contributed by atoms with Gasteiger partial charge in [0, 0.05) is 18.7 Å². The molecule has 0 bridgehead atoms. The van der Waals surface area contributed by atoms with Gasteiger partial charge in [-0.15, -0.1) is 0 Å². The minimum absolute atomic E-state index is 0.0239. The van der Waals surface area contributed by atoms with Gasteiger partial charge in [0.25, 0.3) is 5.91 Å². The quantitative estimate of drug-likeness (QED) is 0.779. The Morgan fingerprint density at radius 3 is 2.31 bits per heavy atom. The van der Waals surface area contributed by atoms with Crippen molar-refractivity contribution in [2.24, 2.45) is 5.41 Å². The highest BCUT2D eigenvalue weighted by Gasteiger charge is 2.35. The third kappa shape index (κ3) is 3.37. The second-order valence-corrected chi connectivity index (χ2v) is 8.09. The van der Waals surface area contributed by atoms with Crippen molar-refractivity contribution in [2.75, 3.05) is 26.2 Å². The van der Waals surface area contributed by atoms with Gasteiger partial charge in [-0.2, -0.15) is 0 Å². The zero-order valence-corrected chi connectivity index (χ0v) is 15.5. The zero-order chi connectivity index (χ0) is 18.0. The molecule has 1 spiro atoms. The van der Waals surface area contributed by atoms with E-state index in [1.54, 1.807) is 16.1 Å². The van der Waals surface area contributed by atoms with Crippen LogP contribution in [0.5, 0.6) is 0 Å². The Bertz CT molecular complexity index is 674. The lowest BCUT2D eigenvalue weighted by Crippen LogP contribution is -2.43. The minimum Gasteiger partial charge on any atom is -0.317 e. The SMILES string of the molecule is C1CCC2(C1)CCNCC2.O=C1Cc2ccccc2C(=O)N2CCCN12. The molecule has 140 valence electrons. The van der Waals surface area contributed by atoms with Crippen LogP contribution in [0.4, 0.5) is 0 Å². The fraction of sp³-hybridized carbons (Fsp3) is 0.619. The summed E-state index contributed by atoms with van der Waals surface area (Å²) >= 11 is 0. The Labute approximate surface area is 155 Å². The first-order valence-electron chi connectivity index (χ1n) is 10.1. The number of carbonyl (C=O) groups is 2. The topological polar surface area (TPSA) is 52.7 Å². The number of rotatable bonds is 0. The number of hydrogen-bond donors (Lipinski definition) is 1. The Balaban J connectivity index is 0.000000144. The molecule has 5 nitrogen and oxygen atoms in total. The molecule has 2 saturated heterocycles. The van der Waals surface area contributed by atoms with Gasteiger partial charge in [0.1, 0.15) is 0 Å². The largest absolute Gasteiger partial charge is 0.317 e. The molecule has 1 N–H and O–H groups in total. The van der Waals surface area contributed by atoms with Crippen LogP contribution in [0.15, 0.2) is 24.3 Å². The van der Waals surface area contributed by atoms with Crippen LogP contribution < -0.4 is 5.32 Å². The van der Waals surface area contributed by atoms with Gasteiger partial charge in [0.15, 0.2) is 0 Å². The molecule has 0 aromatic heterocycles. The third-order valence-corrected chi connectivity index (χ3v) is 6.47. The normalized spacial score (nSPS) is 24.0. The summed E-state index contributed by atoms with van der Waals surface area (Å²) in [5.74, 6) is -0.0187. The lowest BCUT2D eigenvalue weighted by molar-refractivity contribution is -0.139. The molecule has 5 heteroatoms. The van der Waals surface area contributed by atoms with E-state index in [0.29, 0.717) is 25.1 Å². The van der Waals surface area contributed by atoms with E-state index in [-0.39, 0.29) is 11.8 Å². The van der Waals surface area contributed by atoms with E-state index >= 15 is 0 Å². The number of benzene rings is 1. The summed E-state index contributed by atoms with van der Waals surface area (Å²) < 4.78 is 0. The van der Waals surface area contributed by atoms with Gasteiger partial charge in [0.05, 0.1) is 6.42 Å². The maximum Gasteiger partial charge on any atom is 0.272 e. The number of hydrazine groups is 1. The van der Waals surface area contributed by atoms with Crippen LogP contribution in [0.3, 0.4) is 0 Å². The molecule has 0 unspecified atom stereocenters. The summed E-state index contributed by atoms with van der Waals surface area (Å²) in [6.07, 6.45) is 10.2. The molecule has 4 aliphatic rings. The second kappa shape index (κ2) is 7.39. The number of carbonyl (C=O) groups excluding carboxylic acids is 2. The summed E-state index contributed by atoms with van der Waals surface area (Å²) in [4.78, 5) is 24.1. The lowest BCUT2D eigenvalue weighted by Gasteiger charge is -2.33. The highest BCUT2D eigenvalue weighted by Crippen LogP contribution is 2.44. The maximum atomic E-state index is 12.2. The van der Waals surface area contributed by atoms with Crippen molar-refractivity contribution in [1.82, 2.24) is 15.3 Å². The fourth-order valence-corrected chi connectivity index (χ4v) is 4.94. The van der Waals surface area contributed by atoms with Gasteiger partial charge in [-0.1, -0.05) is 31.0 Å². The number of nitrogens with zero attached hydrogens (tertiary/aromatic N) is 2. The Morgan fingerprint density at radius 1 is 0.846 bits per heavy atom. The minimum atomic E-state index is -0.0426. The maximum absolute atomic E-state index is 12.2. The number of nitrogens with one attached hydrogen (secondary N) is 1. The van der Waals surface area contributed by atoms with Crippen LogP contribution in [0.1, 0.15) is 60.9 Å². The van der Waals surface area contributed by atoms with Crippen molar-refractivity contribution in [3.63, 3.8) is 0 Å². The lowest BCUT2D eigenvalue weighted by atomic mass is 9.78. The van der Waals surface area contributed by atoms with Crippen molar-refractivity contribution in [2.45, 2.75) is 51.4 Å². The molecular weight excluding hydrogens is 326 g/mol. The van der Waals surface area contributed by atoms with E-state index in [1.165, 1.54) is 51.6 Å². The van der Waals surface area contributed by atoms with Crippen LogP contribution in [-0.4, -0.2) is 48.0 Å². The van der Waals surface area contributed by atoms with Crippen molar-refractivity contribution in [3.05, 3.63) is 35.4 Å². The van der Waals surface area contributed by atoms with Gasteiger partial charge in [-0.3, -0.25) is 14.6 Å². The number of hydrogen-bond acceptors (Lipinski definition) is 3. The van der Waals surface area contributed by atoms with Gasteiger partial charge < -0.3 is 5.32 Å². The molecule has 0 atom stereocenters. The number of amides is 2. The van der Waals surface area contributed by atoms with Crippen LogP contribution in [0, 0.1) is 5.41 Å². The first-order valence-corrected chi connectivity index (χ1v) is 10.1. The summed E-state index contributed by atoms with van der Waals surface area (Å²) in [6.45, 7) is 3.87. The molecule has 2 amide bonds. The molecule has 1 saturated carbocycles. The van der Waals surface area contributed by atoms with Crippen molar-refractivity contribution in [1.29, 1.82) is 0 Å². The van der Waals surface area contributed by atoms with Crippen LogP contribution in [0.25, 0.3) is 0 Å². The Kier molecular flexibility index (Phi) is 4.98. The third-order valence-electron chi connectivity index (χ3n) is 6.47. The van der Waals surface area contributed by atoms with Crippen molar-refractivity contribution < 1.29 is 9.59 Å². The molecule has 3 heterocycles. The highest BCUT2D eigenvalue weighted by atomic mass is 16.2. The monoisotopic (exact) mass is 355 g/mol. The summed E-state index contributed by atoms with van der Waals surface area (Å²) in [5, 5.41) is 6.60. The van der Waals surface area contributed by atoms with Gasteiger partial charge in [0.2, 0.25) is 5.91 Å². The Morgan fingerprint density at radius 2 is 1.54 bits per heavy atom. The molecule has 3 aliphatic heterocycles. The van der Waals surface area contributed by atoms with E-state index < -0.39 is 0 Å². The molecule has 0 radical (unpaired) electrons. The van der Waals surface area contributed by atoms with Crippen molar-refractivity contribution >= 4 is 11.8 Å². The van der Waals surface area contributed by atoms with Gasteiger partial charge in [-0.25, -0.2) is 5.01 Å².